The summed E-state index contributed by atoms with van der Waals surface area (Å²) in [7, 11) is 0. The fourth-order valence-electron chi connectivity index (χ4n) is 2.65. The lowest BCUT2D eigenvalue weighted by Gasteiger charge is -2.12. The Labute approximate surface area is 125 Å². The first-order valence-corrected chi connectivity index (χ1v) is 7.78. The van der Waals surface area contributed by atoms with Crippen molar-refractivity contribution >= 4 is 21.9 Å². The van der Waals surface area contributed by atoms with Crippen molar-refractivity contribution in [2.45, 2.75) is 32.6 Å². The largest absolute Gasteiger partial charge is 0.456 e. The van der Waals surface area contributed by atoms with E-state index in [4.69, 9.17) is 9.15 Å². The van der Waals surface area contributed by atoms with Crippen molar-refractivity contribution in [3.8, 4) is 0 Å². The van der Waals surface area contributed by atoms with Crippen molar-refractivity contribution in [1.82, 2.24) is 0 Å². The average molecular weight is 282 g/mol. The average Bonchev–Trinajstić information content (AvgIpc) is 2.89. The van der Waals surface area contributed by atoms with Gasteiger partial charge in [0.25, 0.3) is 0 Å². The summed E-state index contributed by atoms with van der Waals surface area (Å²) < 4.78 is 11.6. The molecule has 0 radical (unpaired) electrons. The number of unbranched alkanes of at least 4 members (excludes halogenated alkanes) is 1. The van der Waals surface area contributed by atoms with E-state index >= 15 is 0 Å². The molecule has 2 heteroatoms. The zero-order chi connectivity index (χ0) is 14.7. The van der Waals surface area contributed by atoms with Gasteiger partial charge in [0.15, 0.2) is 0 Å². The molecule has 2 aromatic carbocycles. The highest BCUT2D eigenvalue weighted by Gasteiger charge is 2.10. The molecule has 1 atom stereocenters. The summed E-state index contributed by atoms with van der Waals surface area (Å²) in [6, 6.07) is 14.7. The Hall–Kier alpha value is -1.80. The number of benzene rings is 2. The van der Waals surface area contributed by atoms with Gasteiger partial charge in [-0.1, -0.05) is 44.5 Å². The number of hydrogen-bond acceptors (Lipinski definition) is 2. The van der Waals surface area contributed by atoms with E-state index in [2.05, 4.69) is 44.2 Å². The van der Waals surface area contributed by atoms with Crippen LogP contribution in [-0.4, -0.2) is 13.2 Å². The van der Waals surface area contributed by atoms with Crippen molar-refractivity contribution in [2.24, 2.45) is 0 Å². The Morgan fingerprint density at radius 1 is 1.05 bits per heavy atom. The monoisotopic (exact) mass is 282 g/mol. The molecular weight excluding hydrogens is 260 g/mol. The Bertz CT molecular complexity index is 727. The molecule has 0 bridgehead atoms. The minimum atomic E-state index is 0.403. The lowest BCUT2D eigenvalue weighted by molar-refractivity contribution is 0.121. The van der Waals surface area contributed by atoms with E-state index in [1.807, 2.05) is 12.1 Å². The molecule has 0 fully saturated rings. The van der Waals surface area contributed by atoms with Crippen molar-refractivity contribution < 1.29 is 9.15 Å². The van der Waals surface area contributed by atoms with E-state index in [0.717, 1.165) is 30.8 Å². The van der Waals surface area contributed by atoms with Gasteiger partial charge < -0.3 is 9.15 Å². The maximum Gasteiger partial charge on any atom is 0.135 e. The highest BCUT2D eigenvalue weighted by atomic mass is 16.5. The first-order chi connectivity index (χ1) is 10.3. The van der Waals surface area contributed by atoms with Gasteiger partial charge in [-0.3, -0.25) is 0 Å². The van der Waals surface area contributed by atoms with Gasteiger partial charge in [0.05, 0.1) is 6.61 Å². The second kappa shape index (κ2) is 6.31. The SMILES string of the molecule is CCCCOCC(C)c1ccc2oc3ccccc3c2c1. The predicted molar refractivity (Wildman–Crippen MR) is 87.9 cm³/mol. The molecule has 110 valence electrons. The van der Waals surface area contributed by atoms with Crippen LogP contribution in [0.3, 0.4) is 0 Å². The molecule has 0 amide bonds. The molecule has 0 aliphatic heterocycles. The maximum atomic E-state index is 5.87. The zero-order valence-corrected chi connectivity index (χ0v) is 12.8. The lowest BCUT2D eigenvalue weighted by Crippen LogP contribution is -2.05. The molecule has 21 heavy (non-hydrogen) atoms. The molecule has 0 aliphatic carbocycles. The first kappa shape index (κ1) is 14.2. The van der Waals surface area contributed by atoms with Gasteiger partial charge in [-0.15, -0.1) is 0 Å². The molecular formula is C19H22O2. The fourth-order valence-corrected chi connectivity index (χ4v) is 2.65. The number of rotatable bonds is 6. The molecule has 0 saturated carbocycles. The summed E-state index contributed by atoms with van der Waals surface area (Å²) in [6.45, 7) is 6.04. The van der Waals surface area contributed by atoms with E-state index in [9.17, 15) is 0 Å². The molecule has 0 N–H and O–H groups in total. The third kappa shape index (κ3) is 2.96. The standard InChI is InChI=1S/C19H22O2/c1-3-4-11-20-13-14(2)15-9-10-19-17(12-15)16-7-5-6-8-18(16)21-19/h5-10,12,14H,3-4,11,13H2,1-2H3. The molecule has 0 spiro atoms. The summed E-state index contributed by atoms with van der Waals surface area (Å²) in [5, 5.41) is 2.39. The third-order valence-corrected chi connectivity index (χ3v) is 3.98. The second-order valence-electron chi connectivity index (χ2n) is 5.68. The van der Waals surface area contributed by atoms with Crippen LogP contribution in [-0.2, 0) is 4.74 Å². The van der Waals surface area contributed by atoms with Crippen LogP contribution in [0.2, 0.25) is 0 Å². The minimum absolute atomic E-state index is 0.403. The van der Waals surface area contributed by atoms with Crippen LogP contribution in [0.15, 0.2) is 46.9 Å². The van der Waals surface area contributed by atoms with Crippen LogP contribution < -0.4 is 0 Å². The summed E-state index contributed by atoms with van der Waals surface area (Å²) in [5.74, 6) is 0.403. The molecule has 1 aromatic heterocycles. The van der Waals surface area contributed by atoms with Gasteiger partial charge in [0, 0.05) is 23.3 Å². The number of furan rings is 1. The molecule has 1 heterocycles. The summed E-state index contributed by atoms with van der Waals surface area (Å²) in [6.07, 6.45) is 2.32. The summed E-state index contributed by atoms with van der Waals surface area (Å²) in [5.41, 5.74) is 3.22. The van der Waals surface area contributed by atoms with Gasteiger partial charge in [-0.05, 0) is 30.2 Å². The number of fused-ring (bicyclic) bond motifs is 3. The summed E-state index contributed by atoms with van der Waals surface area (Å²) in [4.78, 5) is 0. The normalized spacial score (nSPS) is 13.0. The molecule has 0 aliphatic rings. The lowest BCUT2D eigenvalue weighted by atomic mass is 10.00. The van der Waals surface area contributed by atoms with Crippen molar-refractivity contribution in [3.05, 3.63) is 48.0 Å². The predicted octanol–water partition coefficient (Wildman–Crippen LogP) is 5.51. The molecule has 1 unspecified atom stereocenters. The number of ether oxygens (including phenoxy) is 1. The van der Waals surface area contributed by atoms with Crippen LogP contribution in [0, 0.1) is 0 Å². The van der Waals surface area contributed by atoms with Gasteiger partial charge in [0.1, 0.15) is 11.2 Å². The Morgan fingerprint density at radius 2 is 1.86 bits per heavy atom. The van der Waals surface area contributed by atoms with E-state index in [0.29, 0.717) is 5.92 Å². The van der Waals surface area contributed by atoms with Gasteiger partial charge in [-0.25, -0.2) is 0 Å². The zero-order valence-electron chi connectivity index (χ0n) is 12.8. The third-order valence-electron chi connectivity index (χ3n) is 3.98. The molecule has 3 rings (SSSR count). The van der Waals surface area contributed by atoms with Crippen molar-refractivity contribution in [3.63, 3.8) is 0 Å². The second-order valence-corrected chi connectivity index (χ2v) is 5.68. The fraction of sp³-hybridized carbons (Fsp3) is 0.368. The van der Waals surface area contributed by atoms with Crippen LogP contribution >= 0.6 is 0 Å². The van der Waals surface area contributed by atoms with Gasteiger partial charge in [-0.2, -0.15) is 0 Å². The van der Waals surface area contributed by atoms with Gasteiger partial charge in [0.2, 0.25) is 0 Å². The quantitative estimate of drug-likeness (QED) is 0.556. The molecule has 0 saturated heterocycles. The Morgan fingerprint density at radius 3 is 2.71 bits per heavy atom. The van der Waals surface area contributed by atoms with Crippen molar-refractivity contribution in [1.29, 1.82) is 0 Å². The molecule has 2 nitrogen and oxygen atoms in total. The Kier molecular flexibility index (Phi) is 4.26. The topological polar surface area (TPSA) is 22.4 Å². The van der Waals surface area contributed by atoms with Crippen molar-refractivity contribution in [2.75, 3.05) is 13.2 Å². The maximum absolute atomic E-state index is 5.87. The van der Waals surface area contributed by atoms with Crippen LogP contribution in [0.5, 0.6) is 0 Å². The minimum Gasteiger partial charge on any atom is -0.456 e. The van der Waals surface area contributed by atoms with E-state index in [1.165, 1.54) is 22.8 Å². The highest BCUT2D eigenvalue weighted by molar-refractivity contribution is 6.05. The summed E-state index contributed by atoms with van der Waals surface area (Å²) >= 11 is 0. The highest BCUT2D eigenvalue weighted by Crippen LogP contribution is 2.31. The number of hydrogen-bond donors (Lipinski definition) is 0. The smallest absolute Gasteiger partial charge is 0.135 e. The van der Waals surface area contributed by atoms with E-state index in [1.54, 1.807) is 0 Å². The number of para-hydroxylation sites is 1. The van der Waals surface area contributed by atoms with Crippen LogP contribution in [0.25, 0.3) is 21.9 Å². The van der Waals surface area contributed by atoms with E-state index < -0.39 is 0 Å². The Balaban J connectivity index is 1.84. The van der Waals surface area contributed by atoms with Gasteiger partial charge >= 0.3 is 0 Å². The van der Waals surface area contributed by atoms with Crippen LogP contribution in [0.4, 0.5) is 0 Å². The van der Waals surface area contributed by atoms with E-state index in [-0.39, 0.29) is 0 Å². The molecule has 3 aromatic rings. The van der Waals surface area contributed by atoms with Crippen LogP contribution in [0.1, 0.15) is 38.2 Å². The first-order valence-electron chi connectivity index (χ1n) is 7.78.